The maximum atomic E-state index is 11.6. The first-order chi connectivity index (χ1) is 8.14. The highest BCUT2D eigenvalue weighted by Gasteiger charge is 2.20. The molecule has 0 aromatic carbocycles. The van der Waals surface area contributed by atoms with Crippen LogP contribution in [0, 0.1) is 0 Å². The van der Waals surface area contributed by atoms with Gasteiger partial charge in [-0.3, -0.25) is 10.2 Å². The lowest BCUT2D eigenvalue weighted by atomic mass is 10.1. The van der Waals surface area contributed by atoms with Crippen LogP contribution in [-0.2, 0) is 9.53 Å². The maximum Gasteiger partial charge on any atom is 0.407 e. The minimum atomic E-state index is -0.533. The van der Waals surface area contributed by atoms with E-state index in [1.807, 2.05) is 6.92 Å². The number of amides is 2. The molecule has 2 amide bonds. The van der Waals surface area contributed by atoms with E-state index in [0.29, 0.717) is 6.42 Å². The van der Waals surface area contributed by atoms with Crippen molar-refractivity contribution in [2.75, 3.05) is 14.1 Å². The predicted molar refractivity (Wildman–Crippen MR) is 69.9 cm³/mol. The van der Waals surface area contributed by atoms with Gasteiger partial charge in [-0.25, -0.2) is 9.80 Å². The molecule has 0 saturated heterocycles. The van der Waals surface area contributed by atoms with Gasteiger partial charge >= 0.3 is 6.09 Å². The fourth-order valence-corrected chi connectivity index (χ4v) is 1.29. The molecule has 0 rings (SSSR count). The normalized spacial score (nSPS) is 13.1. The van der Waals surface area contributed by atoms with Crippen LogP contribution in [-0.4, -0.2) is 42.7 Å². The molecule has 0 saturated carbocycles. The Bertz CT molecular complexity index is 285. The van der Waals surface area contributed by atoms with Crippen molar-refractivity contribution in [1.29, 1.82) is 0 Å². The number of hydrogen-bond donors (Lipinski definition) is 2. The second-order valence-electron chi connectivity index (χ2n) is 5.38. The molecule has 18 heavy (non-hydrogen) atoms. The van der Waals surface area contributed by atoms with E-state index in [1.165, 1.54) is 0 Å². The van der Waals surface area contributed by atoms with Crippen molar-refractivity contribution in [2.24, 2.45) is 0 Å². The molecular formula is C12H25N3O3. The molecule has 0 bridgehead atoms. The maximum absolute atomic E-state index is 11.6. The number of hydrogen-bond acceptors (Lipinski definition) is 4. The monoisotopic (exact) mass is 259 g/mol. The van der Waals surface area contributed by atoms with Crippen molar-refractivity contribution in [3.63, 3.8) is 0 Å². The summed E-state index contributed by atoms with van der Waals surface area (Å²) in [6.45, 7) is 7.30. The molecule has 0 radical (unpaired) electrons. The summed E-state index contributed by atoms with van der Waals surface area (Å²) < 4.78 is 5.14. The van der Waals surface area contributed by atoms with E-state index >= 15 is 0 Å². The van der Waals surface area contributed by atoms with E-state index in [1.54, 1.807) is 39.9 Å². The van der Waals surface area contributed by atoms with Gasteiger partial charge in [0.05, 0.1) is 0 Å². The van der Waals surface area contributed by atoms with Crippen molar-refractivity contribution in [3.8, 4) is 0 Å². The zero-order valence-electron chi connectivity index (χ0n) is 12.2. The van der Waals surface area contributed by atoms with Gasteiger partial charge in [-0.15, -0.1) is 0 Å². The topological polar surface area (TPSA) is 70.7 Å². The first-order valence-corrected chi connectivity index (χ1v) is 6.10. The van der Waals surface area contributed by atoms with E-state index in [0.717, 1.165) is 0 Å². The lowest BCUT2D eigenvalue weighted by molar-refractivity contribution is -0.125. The van der Waals surface area contributed by atoms with E-state index in [4.69, 9.17) is 4.74 Å². The number of nitrogens with one attached hydrogen (secondary N) is 2. The Kier molecular flexibility index (Phi) is 6.68. The Morgan fingerprint density at radius 2 is 1.83 bits per heavy atom. The van der Waals surface area contributed by atoms with Crippen LogP contribution in [0.25, 0.3) is 0 Å². The Morgan fingerprint density at radius 1 is 1.28 bits per heavy atom. The summed E-state index contributed by atoms with van der Waals surface area (Å²) >= 11 is 0. The second-order valence-corrected chi connectivity index (χ2v) is 5.38. The lowest BCUT2D eigenvalue weighted by Gasteiger charge is -2.23. The third-order valence-electron chi connectivity index (χ3n) is 1.99. The van der Waals surface area contributed by atoms with Crippen molar-refractivity contribution >= 4 is 12.0 Å². The van der Waals surface area contributed by atoms with Gasteiger partial charge in [0.25, 0.3) is 0 Å². The summed E-state index contributed by atoms with van der Waals surface area (Å²) in [5.74, 6) is -0.136. The summed E-state index contributed by atoms with van der Waals surface area (Å²) in [6, 6.07) is -0.222. The first-order valence-electron chi connectivity index (χ1n) is 6.10. The van der Waals surface area contributed by atoms with Crippen LogP contribution in [0.4, 0.5) is 4.79 Å². The van der Waals surface area contributed by atoms with Gasteiger partial charge in [-0.1, -0.05) is 6.92 Å². The molecule has 0 aromatic rings. The number of nitrogens with zero attached hydrogens (tertiary/aromatic N) is 1. The summed E-state index contributed by atoms with van der Waals surface area (Å²) in [7, 11) is 3.47. The van der Waals surface area contributed by atoms with Crippen molar-refractivity contribution < 1.29 is 14.3 Å². The largest absolute Gasteiger partial charge is 0.444 e. The Balaban J connectivity index is 4.19. The van der Waals surface area contributed by atoms with Crippen LogP contribution in [0.5, 0.6) is 0 Å². The van der Waals surface area contributed by atoms with Gasteiger partial charge in [-0.2, -0.15) is 0 Å². The van der Waals surface area contributed by atoms with Crippen LogP contribution in [0.3, 0.4) is 0 Å². The summed E-state index contributed by atoms with van der Waals surface area (Å²) in [4.78, 5) is 23.1. The van der Waals surface area contributed by atoms with Crippen LogP contribution < -0.4 is 10.7 Å². The zero-order valence-corrected chi connectivity index (χ0v) is 12.2. The van der Waals surface area contributed by atoms with Crippen LogP contribution in [0.1, 0.15) is 40.5 Å². The lowest BCUT2D eigenvalue weighted by Crippen LogP contribution is -2.43. The van der Waals surface area contributed by atoms with Crippen LogP contribution in [0.2, 0.25) is 0 Å². The second kappa shape index (κ2) is 7.20. The fourth-order valence-electron chi connectivity index (χ4n) is 1.29. The highest BCUT2D eigenvalue weighted by Crippen LogP contribution is 2.07. The Morgan fingerprint density at radius 3 is 2.22 bits per heavy atom. The summed E-state index contributed by atoms with van der Waals surface area (Å²) in [6.07, 6.45) is 0.403. The molecule has 1 atom stereocenters. The zero-order chi connectivity index (χ0) is 14.3. The number of rotatable bonds is 5. The van der Waals surface area contributed by atoms with Gasteiger partial charge in [0.15, 0.2) is 0 Å². The van der Waals surface area contributed by atoms with Gasteiger partial charge in [-0.05, 0) is 27.2 Å². The molecule has 106 valence electrons. The highest BCUT2D eigenvalue weighted by molar-refractivity contribution is 5.77. The molecule has 2 N–H and O–H groups in total. The average molecular weight is 259 g/mol. The molecule has 1 unspecified atom stereocenters. The molecule has 6 nitrogen and oxygen atoms in total. The van der Waals surface area contributed by atoms with Gasteiger partial charge < -0.3 is 10.1 Å². The average Bonchev–Trinajstić information content (AvgIpc) is 2.11. The molecule has 0 spiro atoms. The predicted octanol–water partition coefficient (Wildman–Crippen LogP) is 1.27. The third kappa shape index (κ3) is 8.81. The molecule has 0 aliphatic rings. The number of carbonyl (C=O) groups is 2. The molecular weight excluding hydrogens is 234 g/mol. The van der Waals surface area contributed by atoms with E-state index in [-0.39, 0.29) is 18.4 Å². The van der Waals surface area contributed by atoms with Crippen LogP contribution in [0.15, 0.2) is 0 Å². The molecule has 0 aliphatic carbocycles. The van der Waals surface area contributed by atoms with E-state index in [2.05, 4.69) is 10.7 Å². The fraction of sp³-hybridized carbons (Fsp3) is 0.833. The Labute approximate surface area is 109 Å². The molecule has 6 heteroatoms. The van der Waals surface area contributed by atoms with Crippen molar-refractivity contribution in [2.45, 2.75) is 52.2 Å². The highest BCUT2D eigenvalue weighted by atomic mass is 16.6. The quantitative estimate of drug-likeness (QED) is 0.729. The summed E-state index contributed by atoms with van der Waals surface area (Å²) in [5, 5.41) is 4.26. The molecule has 0 heterocycles. The Hall–Kier alpha value is -1.30. The minimum absolute atomic E-state index is 0.136. The SMILES string of the molecule is CCC(CC(=O)NN(C)C)NC(=O)OC(C)(C)C. The number of alkyl carbamates (subject to hydrolysis) is 1. The molecule has 0 aliphatic heterocycles. The van der Waals surface area contributed by atoms with Crippen LogP contribution >= 0.6 is 0 Å². The number of carbonyl (C=O) groups excluding carboxylic acids is 2. The summed E-state index contributed by atoms with van der Waals surface area (Å²) in [5.41, 5.74) is 2.10. The van der Waals surface area contributed by atoms with E-state index < -0.39 is 11.7 Å². The van der Waals surface area contributed by atoms with E-state index in [9.17, 15) is 9.59 Å². The van der Waals surface area contributed by atoms with Gasteiger partial charge in [0.1, 0.15) is 5.60 Å². The third-order valence-corrected chi connectivity index (χ3v) is 1.99. The first kappa shape index (κ1) is 16.7. The molecule has 0 fully saturated rings. The van der Waals surface area contributed by atoms with Crippen molar-refractivity contribution in [1.82, 2.24) is 15.8 Å². The number of ether oxygens (including phenoxy) is 1. The van der Waals surface area contributed by atoms with Crippen molar-refractivity contribution in [3.05, 3.63) is 0 Å². The number of hydrazine groups is 1. The van der Waals surface area contributed by atoms with Gasteiger partial charge in [0, 0.05) is 26.6 Å². The van der Waals surface area contributed by atoms with Gasteiger partial charge in [0.2, 0.25) is 5.91 Å². The molecule has 0 aromatic heterocycles. The minimum Gasteiger partial charge on any atom is -0.444 e. The smallest absolute Gasteiger partial charge is 0.407 e. The standard InChI is InChI=1S/C12H25N3O3/c1-7-9(8-10(16)14-15(5)6)13-11(17)18-12(2,3)4/h9H,7-8H2,1-6H3,(H,13,17)(H,14,16).